The maximum absolute atomic E-state index is 13.0. The molecule has 9 nitrogen and oxygen atoms in total. The van der Waals surface area contributed by atoms with Crippen LogP contribution in [0.4, 0.5) is 5.82 Å². The molecule has 2 aliphatic heterocycles. The van der Waals surface area contributed by atoms with Crippen molar-refractivity contribution in [3.63, 3.8) is 0 Å². The number of hydrogen-bond acceptors (Lipinski definition) is 6. The number of para-hydroxylation sites is 1. The molecule has 1 saturated carbocycles. The van der Waals surface area contributed by atoms with Crippen LogP contribution >= 0.6 is 0 Å². The Kier molecular flexibility index (Phi) is 8.26. The molecular formula is C33H39N5O4. The van der Waals surface area contributed by atoms with Gasteiger partial charge in [-0.05, 0) is 86.8 Å². The van der Waals surface area contributed by atoms with E-state index in [9.17, 15) is 14.4 Å². The standard InChI is InChI=1S/C33H39N5O4/c34-32(41)30-31(24-9-13-27(14-10-24)42-26-4-2-1-3-5-26)36-38-28(16-19-35-33(30)38)23-17-20-37(21-18-23)29(40)15-8-22-6-11-25(39)12-7-22/h1-5,9-10,13-14,22-23,28,35H,6-8,11-12,15-21H2,(H2,34,41). The van der Waals surface area contributed by atoms with Crippen LogP contribution in [0.1, 0.15) is 74.2 Å². The minimum Gasteiger partial charge on any atom is -0.457 e. The third kappa shape index (κ3) is 6.05. The average molecular weight is 570 g/mol. The summed E-state index contributed by atoms with van der Waals surface area (Å²) < 4.78 is 7.90. The molecule has 9 heteroatoms. The van der Waals surface area contributed by atoms with Gasteiger partial charge in [-0.25, -0.2) is 4.68 Å². The number of Topliss-reactive ketones (excluding diaryl/α,β-unsaturated/α-hetero) is 1. The molecule has 2 aromatic carbocycles. The van der Waals surface area contributed by atoms with Gasteiger partial charge >= 0.3 is 0 Å². The lowest BCUT2D eigenvalue weighted by molar-refractivity contribution is -0.133. The minimum absolute atomic E-state index is 0.130. The SMILES string of the molecule is NC(=O)c1c(-c2ccc(Oc3ccccc3)cc2)nn2c1NCCC2C1CCN(C(=O)CCC2CCC(=O)CC2)CC1. The van der Waals surface area contributed by atoms with Crippen molar-refractivity contribution >= 4 is 23.4 Å². The summed E-state index contributed by atoms with van der Waals surface area (Å²) in [5.41, 5.74) is 7.68. The summed E-state index contributed by atoms with van der Waals surface area (Å²) in [5, 5.41) is 8.34. The van der Waals surface area contributed by atoms with Gasteiger partial charge in [0.2, 0.25) is 5.91 Å². The molecule has 2 amide bonds. The summed E-state index contributed by atoms with van der Waals surface area (Å²) in [4.78, 5) is 39.2. The van der Waals surface area contributed by atoms with E-state index >= 15 is 0 Å². The topological polar surface area (TPSA) is 120 Å². The maximum atomic E-state index is 13.0. The average Bonchev–Trinajstić information content (AvgIpc) is 3.42. The van der Waals surface area contributed by atoms with Crippen molar-refractivity contribution in [2.75, 3.05) is 25.0 Å². The molecule has 6 rings (SSSR count). The van der Waals surface area contributed by atoms with E-state index in [0.29, 0.717) is 59.7 Å². The van der Waals surface area contributed by atoms with Crippen molar-refractivity contribution in [3.05, 3.63) is 60.2 Å². The summed E-state index contributed by atoms with van der Waals surface area (Å²) in [7, 11) is 0. The molecule has 0 spiro atoms. The molecule has 3 aliphatic rings. The molecule has 1 atom stereocenters. The number of carbonyl (C=O) groups is 3. The van der Waals surface area contributed by atoms with Crippen molar-refractivity contribution < 1.29 is 19.1 Å². The number of nitrogens with two attached hydrogens (primary N) is 1. The predicted molar refractivity (Wildman–Crippen MR) is 160 cm³/mol. The van der Waals surface area contributed by atoms with E-state index in [4.69, 9.17) is 15.6 Å². The Morgan fingerprint density at radius 2 is 1.62 bits per heavy atom. The molecule has 3 aromatic rings. The fraction of sp³-hybridized carbons (Fsp3) is 0.455. The molecule has 3 heterocycles. The Morgan fingerprint density at radius 1 is 0.929 bits per heavy atom. The normalized spacial score (nSPS) is 19.7. The molecule has 2 fully saturated rings. The lowest BCUT2D eigenvalue weighted by Crippen LogP contribution is -2.41. The summed E-state index contributed by atoms with van der Waals surface area (Å²) >= 11 is 0. The third-order valence-electron chi connectivity index (χ3n) is 9.18. The minimum atomic E-state index is -0.508. The van der Waals surface area contributed by atoms with E-state index in [-0.39, 0.29) is 11.9 Å². The van der Waals surface area contributed by atoms with E-state index in [1.165, 1.54) is 0 Å². The number of carbonyl (C=O) groups excluding carboxylic acids is 3. The molecule has 3 N–H and O–H groups in total. The van der Waals surface area contributed by atoms with E-state index < -0.39 is 5.91 Å². The molecular weight excluding hydrogens is 530 g/mol. The van der Waals surface area contributed by atoms with Gasteiger partial charge in [-0.15, -0.1) is 0 Å². The van der Waals surface area contributed by atoms with Gasteiger partial charge in [0.15, 0.2) is 0 Å². The highest BCUT2D eigenvalue weighted by Crippen LogP contribution is 2.40. The Hall–Kier alpha value is -4.14. The van der Waals surface area contributed by atoms with Crippen molar-refractivity contribution in [1.82, 2.24) is 14.7 Å². The molecule has 1 unspecified atom stereocenters. The number of likely N-dealkylation sites (tertiary alicyclic amines) is 1. The summed E-state index contributed by atoms with van der Waals surface area (Å²) in [6, 6.07) is 17.3. The molecule has 220 valence electrons. The second-order valence-electron chi connectivity index (χ2n) is 11.8. The zero-order valence-corrected chi connectivity index (χ0v) is 24.0. The van der Waals surface area contributed by atoms with E-state index in [0.717, 1.165) is 69.5 Å². The summed E-state index contributed by atoms with van der Waals surface area (Å²) in [5.74, 6) is 3.07. The molecule has 1 saturated heterocycles. The van der Waals surface area contributed by atoms with Crippen LogP contribution in [0.3, 0.4) is 0 Å². The fourth-order valence-electron chi connectivity index (χ4n) is 6.79. The van der Waals surface area contributed by atoms with Crippen molar-refractivity contribution in [2.45, 2.75) is 63.8 Å². The number of hydrogen-bond donors (Lipinski definition) is 2. The van der Waals surface area contributed by atoms with Gasteiger partial charge in [-0.1, -0.05) is 18.2 Å². The molecule has 0 radical (unpaired) electrons. The molecule has 1 aromatic heterocycles. The highest BCUT2D eigenvalue weighted by Gasteiger charge is 2.36. The number of amides is 2. The fourth-order valence-corrected chi connectivity index (χ4v) is 6.79. The Balaban J connectivity index is 1.12. The number of piperidine rings is 1. The Bertz CT molecular complexity index is 1420. The van der Waals surface area contributed by atoms with Crippen LogP contribution < -0.4 is 15.8 Å². The van der Waals surface area contributed by atoms with E-state index in [1.807, 2.05) is 64.2 Å². The Morgan fingerprint density at radius 3 is 2.31 bits per heavy atom. The number of ether oxygens (including phenoxy) is 1. The van der Waals surface area contributed by atoms with Gasteiger partial charge < -0.3 is 20.7 Å². The number of ketones is 1. The molecule has 1 aliphatic carbocycles. The van der Waals surface area contributed by atoms with Crippen LogP contribution in [0, 0.1) is 11.8 Å². The van der Waals surface area contributed by atoms with Crippen LogP contribution in [-0.2, 0) is 9.59 Å². The number of primary amides is 1. The van der Waals surface area contributed by atoms with E-state index in [2.05, 4.69) is 5.32 Å². The second kappa shape index (κ2) is 12.4. The monoisotopic (exact) mass is 569 g/mol. The highest BCUT2D eigenvalue weighted by atomic mass is 16.5. The van der Waals surface area contributed by atoms with Gasteiger partial charge in [0, 0.05) is 44.5 Å². The van der Waals surface area contributed by atoms with Crippen molar-refractivity contribution in [2.24, 2.45) is 17.6 Å². The Labute approximate surface area is 246 Å². The highest BCUT2D eigenvalue weighted by molar-refractivity contribution is 6.03. The first-order chi connectivity index (χ1) is 20.5. The third-order valence-corrected chi connectivity index (χ3v) is 9.18. The predicted octanol–water partition coefficient (Wildman–Crippen LogP) is 5.58. The van der Waals surface area contributed by atoms with Gasteiger partial charge in [-0.3, -0.25) is 14.4 Å². The summed E-state index contributed by atoms with van der Waals surface area (Å²) in [6.45, 7) is 2.22. The van der Waals surface area contributed by atoms with Gasteiger partial charge in [0.25, 0.3) is 5.91 Å². The quantitative estimate of drug-likeness (QED) is 0.366. The first kappa shape index (κ1) is 28.0. The second-order valence-corrected chi connectivity index (χ2v) is 11.8. The number of fused-ring (bicyclic) bond motifs is 1. The number of rotatable bonds is 8. The zero-order chi connectivity index (χ0) is 29.1. The summed E-state index contributed by atoms with van der Waals surface area (Å²) in [6.07, 6.45) is 7.35. The van der Waals surface area contributed by atoms with Crippen LogP contribution in [0.2, 0.25) is 0 Å². The van der Waals surface area contributed by atoms with Crippen LogP contribution in [0.25, 0.3) is 11.3 Å². The van der Waals surface area contributed by atoms with Crippen LogP contribution in [0.5, 0.6) is 11.5 Å². The number of benzene rings is 2. The number of nitrogens with one attached hydrogen (secondary N) is 1. The lowest BCUT2D eigenvalue weighted by Gasteiger charge is -2.38. The number of anilines is 1. The van der Waals surface area contributed by atoms with Crippen LogP contribution in [0.15, 0.2) is 54.6 Å². The van der Waals surface area contributed by atoms with Crippen LogP contribution in [-0.4, -0.2) is 51.9 Å². The zero-order valence-electron chi connectivity index (χ0n) is 24.0. The van der Waals surface area contributed by atoms with Gasteiger partial charge in [0.05, 0.1) is 6.04 Å². The van der Waals surface area contributed by atoms with Gasteiger partial charge in [-0.2, -0.15) is 5.10 Å². The largest absolute Gasteiger partial charge is 0.457 e. The molecule has 42 heavy (non-hydrogen) atoms. The van der Waals surface area contributed by atoms with E-state index in [1.54, 1.807) is 0 Å². The number of aromatic nitrogens is 2. The molecule has 0 bridgehead atoms. The first-order valence-corrected chi connectivity index (χ1v) is 15.2. The first-order valence-electron chi connectivity index (χ1n) is 15.2. The number of nitrogens with zero attached hydrogens (tertiary/aromatic N) is 3. The lowest BCUT2D eigenvalue weighted by atomic mass is 9.84. The van der Waals surface area contributed by atoms with Crippen molar-refractivity contribution in [1.29, 1.82) is 0 Å². The maximum Gasteiger partial charge on any atom is 0.254 e. The smallest absolute Gasteiger partial charge is 0.254 e. The van der Waals surface area contributed by atoms with Gasteiger partial charge in [0.1, 0.15) is 34.4 Å². The van der Waals surface area contributed by atoms with Crippen molar-refractivity contribution in [3.8, 4) is 22.8 Å².